The summed E-state index contributed by atoms with van der Waals surface area (Å²) in [4.78, 5) is 16.5. The predicted molar refractivity (Wildman–Crippen MR) is 100 cm³/mol. The molecule has 0 unspecified atom stereocenters. The fourth-order valence-electron chi connectivity index (χ4n) is 2.15. The summed E-state index contributed by atoms with van der Waals surface area (Å²) in [7, 11) is 3.10. The highest BCUT2D eigenvalue weighted by Gasteiger charge is 2.16. The Bertz CT molecular complexity index is 809. The number of aliphatic hydroxyl groups excluding tert-OH is 1. The van der Waals surface area contributed by atoms with Gasteiger partial charge < -0.3 is 19.3 Å². The highest BCUT2D eigenvalue weighted by Crippen LogP contribution is 2.22. The standard InChI is InChI=1S/C20H21NO5/c1-4-26-20(23)18(13-21-15-8-10-16(24-2)11-9-15)19(22)14-6-5-7-17(12-14)25-3/h5-13,22H,4H2,1-3H3/b19-18+,21-13?. The molecule has 0 radical (unpaired) electrons. The van der Waals surface area contributed by atoms with Crippen LogP contribution >= 0.6 is 0 Å². The van der Waals surface area contributed by atoms with E-state index in [0.717, 1.165) is 0 Å². The van der Waals surface area contributed by atoms with Gasteiger partial charge in [-0.15, -0.1) is 0 Å². The molecule has 0 aromatic heterocycles. The van der Waals surface area contributed by atoms with E-state index in [1.807, 2.05) is 0 Å². The molecule has 0 atom stereocenters. The third-order valence-corrected chi connectivity index (χ3v) is 3.51. The lowest BCUT2D eigenvalue weighted by atomic mass is 10.1. The van der Waals surface area contributed by atoms with Crippen LogP contribution in [0.2, 0.25) is 0 Å². The molecule has 0 amide bonds. The molecule has 0 saturated heterocycles. The lowest BCUT2D eigenvalue weighted by molar-refractivity contribution is -0.137. The third-order valence-electron chi connectivity index (χ3n) is 3.51. The molecule has 0 aliphatic carbocycles. The van der Waals surface area contributed by atoms with Crippen molar-refractivity contribution in [3.63, 3.8) is 0 Å². The van der Waals surface area contributed by atoms with Crippen LogP contribution in [0.25, 0.3) is 5.76 Å². The van der Waals surface area contributed by atoms with Crippen molar-refractivity contribution in [2.75, 3.05) is 20.8 Å². The van der Waals surface area contributed by atoms with Gasteiger partial charge in [0.1, 0.15) is 22.8 Å². The van der Waals surface area contributed by atoms with Crippen molar-refractivity contribution in [1.82, 2.24) is 0 Å². The highest BCUT2D eigenvalue weighted by atomic mass is 16.5. The molecule has 2 rings (SSSR count). The quantitative estimate of drug-likeness (QED) is 0.352. The second-order valence-corrected chi connectivity index (χ2v) is 5.17. The van der Waals surface area contributed by atoms with Gasteiger partial charge in [-0.05, 0) is 43.3 Å². The van der Waals surface area contributed by atoms with E-state index in [1.165, 1.54) is 13.3 Å². The number of hydrogen-bond donors (Lipinski definition) is 1. The first kappa shape index (κ1) is 19.1. The minimum Gasteiger partial charge on any atom is -0.506 e. The number of benzene rings is 2. The van der Waals surface area contributed by atoms with Gasteiger partial charge in [-0.3, -0.25) is 4.99 Å². The van der Waals surface area contributed by atoms with E-state index in [0.29, 0.717) is 22.7 Å². The summed E-state index contributed by atoms with van der Waals surface area (Å²) in [6.45, 7) is 1.88. The SMILES string of the molecule is CCOC(=O)/C(C=Nc1ccc(OC)cc1)=C(/O)c1cccc(OC)c1. The van der Waals surface area contributed by atoms with Crippen molar-refractivity contribution in [3.8, 4) is 11.5 Å². The number of hydrogen-bond acceptors (Lipinski definition) is 6. The summed E-state index contributed by atoms with van der Waals surface area (Å²) < 4.78 is 15.3. The minimum atomic E-state index is -0.662. The maximum Gasteiger partial charge on any atom is 0.343 e. The highest BCUT2D eigenvalue weighted by molar-refractivity contribution is 6.15. The van der Waals surface area contributed by atoms with Gasteiger partial charge >= 0.3 is 5.97 Å². The smallest absolute Gasteiger partial charge is 0.343 e. The van der Waals surface area contributed by atoms with E-state index in [9.17, 15) is 9.90 Å². The summed E-state index contributed by atoms with van der Waals surface area (Å²) in [5.41, 5.74) is 0.982. The summed E-state index contributed by atoms with van der Waals surface area (Å²) in [6.07, 6.45) is 1.29. The summed E-state index contributed by atoms with van der Waals surface area (Å²) in [6, 6.07) is 13.7. The Balaban J connectivity index is 2.40. The first-order valence-electron chi connectivity index (χ1n) is 8.02. The van der Waals surface area contributed by atoms with Crippen LogP contribution in [0.5, 0.6) is 11.5 Å². The van der Waals surface area contributed by atoms with Crippen LogP contribution in [0.4, 0.5) is 5.69 Å². The lowest BCUT2D eigenvalue weighted by Crippen LogP contribution is -2.11. The molecule has 6 heteroatoms. The van der Waals surface area contributed by atoms with Gasteiger partial charge in [0.15, 0.2) is 0 Å². The third kappa shape index (κ3) is 4.86. The van der Waals surface area contributed by atoms with E-state index in [1.54, 1.807) is 62.6 Å². The predicted octanol–water partition coefficient (Wildman–Crippen LogP) is 3.94. The molecule has 136 valence electrons. The second kappa shape index (κ2) is 9.27. The van der Waals surface area contributed by atoms with E-state index in [-0.39, 0.29) is 17.9 Å². The van der Waals surface area contributed by atoms with Crippen molar-refractivity contribution in [3.05, 3.63) is 59.7 Å². The van der Waals surface area contributed by atoms with E-state index >= 15 is 0 Å². The van der Waals surface area contributed by atoms with Gasteiger partial charge in [0.2, 0.25) is 0 Å². The summed E-state index contributed by atoms with van der Waals surface area (Å²) in [5, 5.41) is 10.6. The van der Waals surface area contributed by atoms with Crippen molar-refractivity contribution >= 4 is 23.6 Å². The average molecular weight is 355 g/mol. The minimum absolute atomic E-state index is 0.0454. The first-order valence-corrected chi connectivity index (χ1v) is 8.02. The first-order chi connectivity index (χ1) is 12.6. The number of esters is 1. The molecule has 2 aromatic rings. The van der Waals surface area contributed by atoms with Gasteiger partial charge in [0, 0.05) is 11.8 Å². The van der Waals surface area contributed by atoms with Gasteiger partial charge in [0.05, 0.1) is 26.5 Å². The Hall–Kier alpha value is -3.28. The molecule has 2 aromatic carbocycles. The summed E-state index contributed by atoms with van der Waals surface area (Å²) >= 11 is 0. The molecular weight excluding hydrogens is 334 g/mol. The zero-order valence-corrected chi connectivity index (χ0v) is 14.9. The molecule has 6 nitrogen and oxygen atoms in total. The second-order valence-electron chi connectivity index (χ2n) is 5.17. The number of aliphatic imine (C=N–C) groups is 1. The number of nitrogens with zero attached hydrogens (tertiary/aromatic N) is 1. The maximum atomic E-state index is 12.3. The number of aliphatic hydroxyl groups is 1. The maximum absolute atomic E-state index is 12.3. The number of carbonyl (C=O) groups excluding carboxylic acids is 1. The topological polar surface area (TPSA) is 77.4 Å². The molecule has 0 heterocycles. The van der Waals surface area contributed by atoms with Crippen LogP contribution in [-0.2, 0) is 9.53 Å². The molecule has 0 aliphatic heterocycles. The molecule has 26 heavy (non-hydrogen) atoms. The van der Waals surface area contributed by atoms with Crippen LogP contribution in [0.3, 0.4) is 0 Å². The van der Waals surface area contributed by atoms with E-state index in [2.05, 4.69) is 4.99 Å². The Morgan fingerprint density at radius 1 is 1.08 bits per heavy atom. The van der Waals surface area contributed by atoms with Crippen molar-refractivity contribution in [2.24, 2.45) is 4.99 Å². The molecule has 0 saturated carbocycles. The van der Waals surface area contributed by atoms with Crippen LogP contribution in [0.15, 0.2) is 59.1 Å². The zero-order chi connectivity index (χ0) is 18.9. The fourth-order valence-corrected chi connectivity index (χ4v) is 2.15. The Labute approximate surface area is 152 Å². The molecule has 0 spiro atoms. The monoisotopic (exact) mass is 355 g/mol. The molecule has 0 bridgehead atoms. The molecule has 0 fully saturated rings. The van der Waals surface area contributed by atoms with Gasteiger partial charge in [0.25, 0.3) is 0 Å². The van der Waals surface area contributed by atoms with E-state index in [4.69, 9.17) is 14.2 Å². The Kier molecular flexibility index (Phi) is 6.79. The average Bonchev–Trinajstić information content (AvgIpc) is 2.68. The van der Waals surface area contributed by atoms with Gasteiger partial charge in [-0.1, -0.05) is 12.1 Å². The fraction of sp³-hybridized carbons (Fsp3) is 0.200. The number of carbonyl (C=O) groups is 1. The molecule has 0 aliphatic rings. The van der Waals surface area contributed by atoms with Crippen LogP contribution in [0, 0.1) is 0 Å². The number of methoxy groups -OCH3 is 2. The van der Waals surface area contributed by atoms with Crippen LogP contribution in [-0.4, -0.2) is 38.1 Å². The van der Waals surface area contributed by atoms with Gasteiger partial charge in [-0.25, -0.2) is 4.79 Å². The van der Waals surface area contributed by atoms with Gasteiger partial charge in [-0.2, -0.15) is 0 Å². The van der Waals surface area contributed by atoms with Crippen LogP contribution in [0.1, 0.15) is 12.5 Å². The number of rotatable bonds is 7. The number of ether oxygens (including phenoxy) is 3. The normalized spacial score (nSPS) is 11.8. The summed E-state index contributed by atoms with van der Waals surface area (Å²) in [5.74, 6) is 0.360. The largest absolute Gasteiger partial charge is 0.506 e. The molecular formula is C20H21NO5. The van der Waals surface area contributed by atoms with Crippen molar-refractivity contribution in [2.45, 2.75) is 6.92 Å². The Morgan fingerprint density at radius 3 is 2.38 bits per heavy atom. The van der Waals surface area contributed by atoms with Crippen molar-refractivity contribution < 1.29 is 24.1 Å². The van der Waals surface area contributed by atoms with Crippen molar-refractivity contribution in [1.29, 1.82) is 0 Å². The Morgan fingerprint density at radius 2 is 1.77 bits per heavy atom. The van der Waals surface area contributed by atoms with E-state index < -0.39 is 5.97 Å². The van der Waals surface area contributed by atoms with Crippen LogP contribution < -0.4 is 9.47 Å². The zero-order valence-electron chi connectivity index (χ0n) is 14.9. The lowest BCUT2D eigenvalue weighted by Gasteiger charge is -2.08. The molecule has 1 N–H and O–H groups in total.